The molecule has 2 rings (SSSR count). The van der Waals surface area contributed by atoms with Crippen LogP contribution in [0.25, 0.3) is 0 Å². The van der Waals surface area contributed by atoms with Crippen molar-refractivity contribution in [1.82, 2.24) is 10.3 Å². The second-order valence-electron chi connectivity index (χ2n) is 3.48. The first-order chi connectivity index (χ1) is 8.29. The molecule has 2 aromatic heterocycles. The lowest BCUT2D eigenvalue weighted by atomic mass is 10.3. The van der Waals surface area contributed by atoms with Crippen LogP contribution in [0.2, 0.25) is 5.02 Å². The van der Waals surface area contributed by atoms with Crippen LogP contribution in [-0.4, -0.2) is 12.0 Å². The topological polar surface area (TPSA) is 47.3 Å². The average molecular weight is 253 g/mol. The number of halogens is 1. The van der Waals surface area contributed by atoms with Gasteiger partial charge in [-0.3, -0.25) is 0 Å². The predicted octanol–water partition coefficient (Wildman–Crippen LogP) is 2.63. The molecule has 0 fully saturated rings. The summed E-state index contributed by atoms with van der Waals surface area (Å²) in [6.07, 6.45) is 1.61. The van der Waals surface area contributed by atoms with Gasteiger partial charge in [0.15, 0.2) is 0 Å². The van der Waals surface area contributed by atoms with Gasteiger partial charge in [0.25, 0.3) is 0 Å². The third-order valence-electron chi connectivity index (χ3n) is 2.18. The SMILES string of the molecule is CNCc1nc(OCc2ccco2)ccc1Cl. The lowest BCUT2D eigenvalue weighted by Crippen LogP contribution is -2.08. The molecule has 0 aliphatic carbocycles. The highest BCUT2D eigenvalue weighted by Gasteiger charge is 2.05. The summed E-state index contributed by atoms with van der Waals surface area (Å²) in [5, 5.41) is 3.63. The first-order valence-electron chi connectivity index (χ1n) is 5.25. The molecule has 0 bridgehead atoms. The van der Waals surface area contributed by atoms with Crippen molar-refractivity contribution in [3.8, 4) is 5.88 Å². The fourth-order valence-electron chi connectivity index (χ4n) is 1.38. The molecule has 0 amide bonds. The number of pyridine rings is 1. The van der Waals surface area contributed by atoms with Gasteiger partial charge in [-0.1, -0.05) is 11.6 Å². The summed E-state index contributed by atoms with van der Waals surface area (Å²) in [6.45, 7) is 0.970. The van der Waals surface area contributed by atoms with Crippen LogP contribution < -0.4 is 10.1 Å². The maximum atomic E-state index is 6.00. The second-order valence-corrected chi connectivity index (χ2v) is 3.88. The second kappa shape index (κ2) is 5.70. The maximum absolute atomic E-state index is 6.00. The van der Waals surface area contributed by atoms with Gasteiger partial charge in [-0.05, 0) is 25.2 Å². The van der Waals surface area contributed by atoms with Gasteiger partial charge in [0.2, 0.25) is 5.88 Å². The molecule has 1 N–H and O–H groups in total. The van der Waals surface area contributed by atoms with E-state index < -0.39 is 0 Å². The number of furan rings is 1. The molecule has 0 saturated carbocycles. The van der Waals surface area contributed by atoms with Gasteiger partial charge in [-0.25, -0.2) is 4.98 Å². The summed E-state index contributed by atoms with van der Waals surface area (Å²) in [5.74, 6) is 1.30. The number of nitrogens with zero attached hydrogens (tertiary/aromatic N) is 1. The Morgan fingerprint density at radius 3 is 3.00 bits per heavy atom. The fraction of sp³-hybridized carbons (Fsp3) is 0.250. The molecule has 0 aliphatic rings. The van der Waals surface area contributed by atoms with Crippen molar-refractivity contribution in [3.05, 3.63) is 47.0 Å². The van der Waals surface area contributed by atoms with Gasteiger partial charge >= 0.3 is 0 Å². The molecule has 0 atom stereocenters. The smallest absolute Gasteiger partial charge is 0.214 e. The number of hydrogen-bond acceptors (Lipinski definition) is 4. The van der Waals surface area contributed by atoms with E-state index in [0.29, 0.717) is 24.1 Å². The van der Waals surface area contributed by atoms with E-state index in [1.54, 1.807) is 18.4 Å². The van der Waals surface area contributed by atoms with E-state index in [4.69, 9.17) is 20.8 Å². The van der Waals surface area contributed by atoms with E-state index in [1.807, 2.05) is 19.2 Å². The van der Waals surface area contributed by atoms with Crippen molar-refractivity contribution in [3.63, 3.8) is 0 Å². The lowest BCUT2D eigenvalue weighted by molar-refractivity contribution is 0.260. The zero-order valence-electron chi connectivity index (χ0n) is 9.44. The van der Waals surface area contributed by atoms with E-state index >= 15 is 0 Å². The molecule has 0 aromatic carbocycles. The van der Waals surface area contributed by atoms with Crippen molar-refractivity contribution < 1.29 is 9.15 Å². The number of ether oxygens (including phenoxy) is 1. The maximum Gasteiger partial charge on any atom is 0.214 e. The Morgan fingerprint density at radius 1 is 1.41 bits per heavy atom. The zero-order chi connectivity index (χ0) is 12.1. The molecule has 0 radical (unpaired) electrons. The van der Waals surface area contributed by atoms with Crippen LogP contribution in [0.3, 0.4) is 0 Å². The minimum Gasteiger partial charge on any atom is -0.469 e. The number of nitrogens with one attached hydrogen (secondary N) is 1. The summed E-state index contributed by atoms with van der Waals surface area (Å²) in [6, 6.07) is 7.19. The van der Waals surface area contributed by atoms with E-state index in [2.05, 4.69) is 10.3 Å². The van der Waals surface area contributed by atoms with E-state index in [9.17, 15) is 0 Å². The molecule has 0 saturated heterocycles. The molecule has 4 nitrogen and oxygen atoms in total. The standard InChI is InChI=1S/C12H13ClN2O2/c1-14-7-11-10(13)4-5-12(15-11)17-8-9-3-2-6-16-9/h2-6,14H,7-8H2,1H3. The van der Waals surface area contributed by atoms with Crippen molar-refractivity contribution in [2.75, 3.05) is 7.05 Å². The van der Waals surface area contributed by atoms with Crippen LogP contribution in [0.4, 0.5) is 0 Å². The van der Waals surface area contributed by atoms with Gasteiger partial charge in [0, 0.05) is 12.6 Å². The Balaban J connectivity index is 2.03. The van der Waals surface area contributed by atoms with E-state index in [-0.39, 0.29) is 0 Å². The first-order valence-corrected chi connectivity index (χ1v) is 5.62. The monoisotopic (exact) mass is 252 g/mol. The van der Waals surface area contributed by atoms with Crippen molar-refractivity contribution in [2.24, 2.45) is 0 Å². The van der Waals surface area contributed by atoms with E-state index in [0.717, 1.165) is 11.5 Å². The van der Waals surface area contributed by atoms with Gasteiger partial charge in [0.1, 0.15) is 12.4 Å². The molecule has 90 valence electrons. The van der Waals surface area contributed by atoms with Gasteiger partial charge < -0.3 is 14.5 Å². The third-order valence-corrected chi connectivity index (χ3v) is 2.52. The minimum atomic E-state index is 0.362. The minimum absolute atomic E-state index is 0.362. The molecule has 2 aromatic rings. The summed E-state index contributed by atoms with van der Waals surface area (Å²) in [5.41, 5.74) is 0.770. The van der Waals surface area contributed by atoms with Gasteiger partial charge in [0.05, 0.1) is 17.0 Å². The molecule has 5 heteroatoms. The van der Waals surface area contributed by atoms with Crippen LogP contribution in [0.5, 0.6) is 5.88 Å². The number of aromatic nitrogens is 1. The van der Waals surface area contributed by atoms with Crippen LogP contribution in [0, 0.1) is 0 Å². The molecule has 0 spiro atoms. The average Bonchev–Trinajstić information content (AvgIpc) is 2.83. The summed E-state index contributed by atoms with van der Waals surface area (Å²) in [7, 11) is 1.84. The van der Waals surface area contributed by atoms with Gasteiger partial charge in [-0.2, -0.15) is 0 Å². The molecular formula is C12H13ClN2O2. The number of rotatable bonds is 5. The van der Waals surface area contributed by atoms with Crippen LogP contribution in [0.15, 0.2) is 34.9 Å². The Labute approximate surface area is 105 Å². The van der Waals surface area contributed by atoms with Crippen molar-refractivity contribution in [1.29, 1.82) is 0 Å². The number of hydrogen-bond donors (Lipinski definition) is 1. The summed E-state index contributed by atoms with van der Waals surface area (Å²) in [4.78, 5) is 4.30. The predicted molar refractivity (Wildman–Crippen MR) is 65.1 cm³/mol. The summed E-state index contributed by atoms with van der Waals surface area (Å²) >= 11 is 6.00. The third kappa shape index (κ3) is 3.22. The normalized spacial score (nSPS) is 10.5. The quantitative estimate of drug-likeness (QED) is 0.889. The summed E-state index contributed by atoms with van der Waals surface area (Å²) < 4.78 is 10.7. The largest absolute Gasteiger partial charge is 0.469 e. The highest BCUT2D eigenvalue weighted by molar-refractivity contribution is 6.31. The van der Waals surface area contributed by atoms with Crippen LogP contribution >= 0.6 is 11.6 Å². The van der Waals surface area contributed by atoms with Crippen molar-refractivity contribution in [2.45, 2.75) is 13.2 Å². The van der Waals surface area contributed by atoms with E-state index in [1.165, 1.54) is 0 Å². The molecule has 17 heavy (non-hydrogen) atoms. The van der Waals surface area contributed by atoms with Crippen LogP contribution in [0.1, 0.15) is 11.5 Å². The lowest BCUT2D eigenvalue weighted by Gasteiger charge is -2.07. The molecule has 0 unspecified atom stereocenters. The Hall–Kier alpha value is -1.52. The van der Waals surface area contributed by atoms with Crippen LogP contribution in [-0.2, 0) is 13.2 Å². The van der Waals surface area contributed by atoms with Gasteiger partial charge in [-0.15, -0.1) is 0 Å². The first kappa shape index (κ1) is 12.0. The van der Waals surface area contributed by atoms with Crippen molar-refractivity contribution >= 4 is 11.6 Å². The zero-order valence-corrected chi connectivity index (χ0v) is 10.2. The fourth-order valence-corrected chi connectivity index (χ4v) is 1.55. The Kier molecular flexibility index (Phi) is 4.01. The Bertz CT molecular complexity index is 471. The highest BCUT2D eigenvalue weighted by Crippen LogP contribution is 2.18. The molecular weight excluding hydrogens is 240 g/mol. The Morgan fingerprint density at radius 2 is 2.29 bits per heavy atom. The molecule has 0 aliphatic heterocycles. The molecule has 2 heterocycles. The highest BCUT2D eigenvalue weighted by atomic mass is 35.5.